The summed E-state index contributed by atoms with van der Waals surface area (Å²) < 4.78 is 5.95. The quantitative estimate of drug-likeness (QED) is 0.481. The minimum absolute atomic E-state index is 0.197. The Kier molecular flexibility index (Phi) is 2.20. The Hall–Kier alpha value is -0.300. The van der Waals surface area contributed by atoms with Crippen molar-refractivity contribution < 1.29 is 4.74 Å². The van der Waals surface area contributed by atoms with Crippen LogP contribution in [-0.2, 0) is 4.74 Å². The van der Waals surface area contributed by atoms with E-state index in [0.717, 1.165) is 0 Å². The van der Waals surface area contributed by atoms with Gasteiger partial charge in [0.05, 0.1) is 11.7 Å². The Bertz CT molecular complexity index is 392. The lowest BCUT2D eigenvalue weighted by Crippen LogP contribution is -2.37. The van der Waals surface area contributed by atoms with E-state index in [1.807, 2.05) is 0 Å². The molecule has 0 bridgehead atoms. The van der Waals surface area contributed by atoms with Gasteiger partial charge in [0.2, 0.25) is 0 Å². The summed E-state index contributed by atoms with van der Waals surface area (Å²) in [7, 11) is 0. The zero-order valence-corrected chi connectivity index (χ0v) is 12.0. The highest BCUT2D eigenvalue weighted by atomic mass is 16.6. The lowest BCUT2D eigenvalue weighted by Gasteiger charge is -2.47. The van der Waals surface area contributed by atoms with Crippen molar-refractivity contribution in [3.63, 3.8) is 0 Å². The van der Waals surface area contributed by atoms with E-state index < -0.39 is 0 Å². The van der Waals surface area contributed by atoms with Gasteiger partial charge in [0, 0.05) is 6.42 Å². The monoisotopic (exact) mass is 234 g/mol. The van der Waals surface area contributed by atoms with Gasteiger partial charge in [0.15, 0.2) is 0 Å². The van der Waals surface area contributed by atoms with Gasteiger partial charge in [-0.3, -0.25) is 0 Å². The second-order valence-corrected chi connectivity index (χ2v) is 7.56. The van der Waals surface area contributed by atoms with Crippen molar-refractivity contribution in [2.45, 2.75) is 78.4 Å². The standard InChI is InChI=1S/C16H26O/c1-6-15(4)8-7-14(2,3)11-9-13-16(5,17-13)10-12(11)15/h13H,6-10H2,1-5H3. The molecule has 0 aromatic carbocycles. The number of rotatable bonds is 1. The highest BCUT2D eigenvalue weighted by Crippen LogP contribution is 2.61. The van der Waals surface area contributed by atoms with Crippen LogP contribution in [0.3, 0.4) is 0 Å². The summed E-state index contributed by atoms with van der Waals surface area (Å²) in [5, 5.41) is 0. The van der Waals surface area contributed by atoms with Crippen LogP contribution < -0.4 is 0 Å². The molecule has 3 aliphatic rings. The maximum absolute atomic E-state index is 5.95. The molecule has 1 nitrogen and oxygen atoms in total. The van der Waals surface area contributed by atoms with Crippen LogP contribution in [0.2, 0.25) is 0 Å². The van der Waals surface area contributed by atoms with Crippen LogP contribution in [0.1, 0.15) is 66.7 Å². The van der Waals surface area contributed by atoms with Gasteiger partial charge in [-0.15, -0.1) is 0 Å². The number of hydrogen-bond acceptors (Lipinski definition) is 1. The molecule has 3 unspecified atom stereocenters. The Labute approximate surface area is 106 Å². The lowest BCUT2D eigenvalue weighted by atomic mass is 9.57. The van der Waals surface area contributed by atoms with Crippen LogP contribution in [0.5, 0.6) is 0 Å². The van der Waals surface area contributed by atoms with Gasteiger partial charge >= 0.3 is 0 Å². The molecule has 17 heavy (non-hydrogen) atoms. The van der Waals surface area contributed by atoms with E-state index in [0.29, 0.717) is 16.9 Å². The summed E-state index contributed by atoms with van der Waals surface area (Å²) in [4.78, 5) is 0. The van der Waals surface area contributed by atoms with E-state index in [1.165, 1.54) is 32.1 Å². The molecule has 96 valence electrons. The van der Waals surface area contributed by atoms with Crippen LogP contribution in [-0.4, -0.2) is 11.7 Å². The summed E-state index contributed by atoms with van der Waals surface area (Å²) in [6, 6.07) is 0. The fourth-order valence-electron chi connectivity index (χ4n) is 4.01. The molecular weight excluding hydrogens is 208 g/mol. The highest BCUT2D eigenvalue weighted by Gasteiger charge is 2.59. The first kappa shape index (κ1) is 11.8. The van der Waals surface area contributed by atoms with Crippen molar-refractivity contribution in [1.29, 1.82) is 0 Å². The van der Waals surface area contributed by atoms with Crippen LogP contribution in [0.25, 0.3) is 0 Å². The molecule has 0 aromatic heterocycles. The Morgan fingerprint density at radius 3 is 2.47 bits per heavy atom. The van der Waals surface area contributed by atoms with Crippen LogP contribution in [0.15, 0.2) is 11.1 Å². The Morgan fingerprint density at radius 2 is 1.82 bits per heavy atom. The van der Waals surface area contributed by atoms with Crippen molar-refractivity contribution in [3.8, 4) is 0 Å². The van der Waals surface area contributed by atoms with E-state index in [-0.39, 0.29) is 5.60 Å². The Morgan fingerprint density at radius 1 is 1.12 bits per heavy atom. The van der Waals surface area contributed by atoms with Gasteiger partial charge in [-0.2, -0.15) is 0 Å². The van der Waals surface area contributed by atoms with E-state index in [4.69, 9.17) is 4.74 Å². The second kappa shape index (κ2) is 3.17. The molecule has 3 atom stereocenters. The summed E-state index contributed by atoms with van der Waals surface area (Å²) in [5.41, 5.74) is 4.56. The molecule has 0 aromatic rings. The first-order valence-electron chi connectivity index (χ1n) is 7.22. The topological polar surface area (TPSA) is 12.5 Å². The van der Waals surface area contributed by atoms with Gasteiger partial charge in [-0.25, -0.2) is 0 Å². The summed E-state index contributed by atoms with van der Waals surface area (Å²) in [5.74, 6) is 0. The maximum atomic E-state index is 5.95. The third-order valence-electron chi connectivity index (χ3n) is 5.94. The predicted octanol–water partition coefficient (Wildman–Crippen LogP) is 4.47. The molecule has 1 heteroatoms. The van der Waals surface area contributed by atoms with Gasteiger partial charge in [-0.05, 0) is 43.4 Å². The first-order chi connectivity index (χ1) is 7.81. The molecule has 2 aliphatic carbocycles. The summed E-state index contributed by atoms with van der Waals surface area (Å²) >= 11 is 0. The van der Waals surface area contributed by atoms with E-state index in [2.05, 4.69) is 34.6 Å². The summed E-state index contributed by atoms with van der Waals surface area (Å²) in [6.45, 7) is 12.0. The lowest BCUT2D eigenvalue weighted by molar-refractivity contribution is 0.211. The van der Waals surface area contributed by atoms with Crippen molar-refractivity contribution in [1.82, 2.24) is 0 Å². The van der Waals surface area contributed by atoms with E-state index in [1.54, 1.807) is 11.1 Å². The maximum Gasteiger partial charge on any atom is 0.0960 e. The molecule has 0 spiro atoms. The van der Waals surface area contributed by atoms with Crippen molar-refractivity contribution in [2.75, 3.05) is 0 Å². The number of hydrogen-bond donors (Lipinski definition) is 0. The van der Waals surface area contributed by atoms with Crippen LogP contribution in [0, 0.1) is 10.8 Å². The first-order valence-corrected chi connectivity index (χ1v) is 7.22. The molecule has 1 fully saturated rings. The van der Waals surface area contributed by atoms with Crippen LogP contribution >= 0.6 is 0 Å². The van der Waals surface area contributed by atoms with Gasteiger partial charge < -0.3 is 4.74 Å². The molecule has 0 radical (unpaired) electrons. The van der Waals surface area contributed by atoms with Gasteiger partial charge in [-0.1, -0.05) is 38.8 Å². The zero-order valence-electron chi connectivity index (χ0n) is 12.0. The van der Waals surface area contributed by atoms with Crippen molar-refractivity contribution in [3.05, 3.63) is 11.1 Å². The zero-order chi connectivity index (χ0) is 12.5. The Balaban J connectivity index is 2.06. The number of fused-ring (bicyclic) bond motifs is 1. The van der Waals surface area contributed by atoms with Crippen molar-refractivity contribution in [2.24, 2.45) is 10.8 Å². The van der Waals surface area contributed by atoms with E-state index in [9.17, 15) is 0 Å². The second-order valence-electron chi connectivity index (χ2n) is 7.56. The SMILES string of the molecule is CCC1(C)CCC(C)(C)C2=C1CC1(C)OC1C2. The third-order valence-corrected chi connectivity index (χ3v) is 5.94. The van der Waals surface area contributed by atoms with E-state index >= 15 is 0 Å². The molecule has 1 aliphatic heterocycles. The largest absolute Gasteiger partial charge is 0.366 e. The molecule has 0 amide bonds. The number of ether oxygens (including phenoxy) is 1. The van der Waals surface area contributed by atoms with Gasteiger partial charge in [0.1, 0.15) is 0 Å². The molecule has 1 heterocycles. The van der Waals surface area contributed by atoms with Crippen LogP contribution in [0.4, 0.5) is 0 Å². The average Bonchev–Trinajstić information content (AvgIpc) is 2.93. The normalized spacial score (nSPS) is 47.5. The average molecular weight is 234 g/mol. The molecular formula is C16H26O. The van der Waals surface area contributed by atoms with Crippen molar-refractivity contribution >= 4 is 0 Å². The number of epoxide rings is 1. The predicted molar refractivity (Wildman–Crippen MR) is 71.0 cm³/mol. The van der Waals surface area contributed by atoms with Gasteiger partial charge in [0.25, 0.3) is 0 Å². The molecule has 1 saturated heterocycles. The molecule has 0 saturated carbocycles. The highest BCUT2D eigenvalue weighted by molar-refractivity contribution is 5.37. The molecule has 3 rings (SSSR count). The molecule has 0 N–H and O–H groups in total. The minimum atomic E-state index is 0.197. The summed E-state index contributed by atoms with van der Waals surface area (Å²) in [6.07, 6.45) is 6.91. The third kappa shape index (κ3) is 1.54. The smallest absolute Gasteiger partial charge is 0.0960 e. The minimum Gasteiger partial charge on any atom is -0.366 e. The fourth-order valence-corrected chi connectivity index (χ4v) is 4.01. The fraction of sp³-hybridized carbons (Fsp3) is 0.875.